The largest absolute Gasteiger partial charge is 0.495 e. The van der Waals surface area contributed by atoms with Gasteiger partial charge in [-0.15, -0.1) is 0 Å². The fourth-order valence-corrected chi connectivity index (χ4v) is 3.88. The standard InChI is InChI=1S/C25H21BrCl2N4O6/c1-36-20-6-4-3-5-19(20)31-24(34)25(35)32-29-12-14-9-16(26)23(21(10-14)37-2)38-13-22(33)30-15-7-8-17(27)18(28)11-15/h3-12H,13H2,1-2H3,(H,30,33)(H,31,34)(H,32,35)/b29-12-. The average molecular weight is 624 g/mol. The Balaban J connectivity index is 1.59. The second-order valence-electron chi connectivity index (χ2n) is 7.35. The van der Waals surface area contributed by atoms with Crippen LogP contribution in [0.1, 0.15) is 5.56 Å². The first-order chi connectivity index (χ1) is 18.2. The number of hydrogen-bond acceptors (Lipinski definition) is 7. The summed E-state index contributed by atoms with van der Waals surface area (Å²) in [6, 6.07) is 14.5. The maximum atomic E-state index is 12.3. The van der Waals surface area contributed by atoms with Crippen LogP contribution >= 0.6 is 39.1 Å². The highest BCUT2D eigenvalue weighted by atomic mass is 79.9. The van der Waals surface area contributed by atoms with Crippen molar-refractivity contribution in [3.8, 4) is 17.2 Å². The summed E-state index contributed by atoms with van der Waals surface area (Å²) in [5.74, 6) is -1.36. The maximum Gasteiger partial charge on any atom is 0.329 e. The lowest BCUT2D eigenvalue weighted by Crippen LogP contribution is -2.32. The number of carbonyl (C=O) groups is 3. The van der Waals surface area contributed by atoms with E-state index < -0.39 is 17.7 Å². The van der Waals surface area contributed by atoms with Crippen LogP contribution in [-0.2, 0) is 14.4 Å². The molecule has 10 nitrogen and oxygen atoms in total. The Morgan fingerprint density at radius 1 is 0.921 bits per heavy atom. The summed E-state index contributed by atoms with van der Waals surface area (Å²) in [5, 5.41) is 9.59. The number of nitrogens with zero attached hydrogens (tertiary/aromatic N) is 1. The lowest BCUT2D eigenvalue weighted by molar-refractivity contribution is -0.136. The van der Waals surface area contributed by atoms with Gasteiger partial charge in [-0.3, -0.25) is 14.4 Å². The molecule has 3 amide bonds. The number of carbonyl (C=O) groups excluding carboxylic acids is 3. The molecule has 3 aromatic carbocycles. The summed E-state index contributed by atoms with van der Waals surface area (Å²) in [7, 11) is 2.87. The third kappa shape index (κ3) is 7.85. The molecular formula is C25H21BrCl2N4O6. The third-order valence-electron chi connectivity index (χ3n) is 4.74. The smallest absolute Gasteiger partial charge is 0.329 e. The fourth-order valence-electron chi connectivity index (χ4n) is 3.01. The lowest BCUT2D eigenvalue weighted by Gasteiger charge is -2.13. The van der Waals surface area contributed by atoms with Crippen LogP contribution in [0.5, 0.6) is 17.2 Å². The highest BCUT2D eigenvalue weighted by molar-refractivity contribution is 9.10. The molecule has 0 aliphatic rings. The van der Waals surface area contributed by atoms with E-state index >= 15 is 0 Å². The molecule has 0 aliphatic carbocycles. The summed E-state index contributed by atoms with van der Waals surface area (Å²) < 4.78 is 16.6. The van der Waals surface area contributed by atoms with Crippen molar-refractivity contribution in [1.82, 2.24) is 5.43 Å². The van der Waals surface area contributed by atoms with Crippen molar-refractivity contribution in [2.24, 2.45) is 5.10 Å². The van der Waals surface area contributed by atoms with E-state index in [2.05, 4.69) is 37.1 Å². The number of methoxy groups -OCH3 is 2. The molecule has 0 saturated heterocycles. The van der Waals surface area contributed by atoms with Crippen LogP contribution in [-0.4, -0.2) is 44.8 Å². The van der Waals surface area contributed by atoms with Crippen molar-refractivity contribution in [2.45, 2.75) is 0 Å². The average Bonchev–Trinajstić information content (AvgIpc) is 2.90. The summed E-state index contributed by atoms with van der Waals surface area (Å²) >= 11 is 15.2. The summed E-state index contributed by atoms with van der Waals surface area (Å²) in [5.41, 5.74) is 3.46. The van der Waals surface area contributed by atoms with Crippen LogP contribution in [0.25, 0.3) is 0 Å². The van der Waals surface area contributed by atoms with Crippen LogP contribution in [0.3, 0.4) is 0 Å². The van der Waals surface area contributed by atoms with Crippen molar-refractivity contribution < 1.29 is 28.6 Å². The SMILES string of the molecule is COc1ccccc1NC(=O)C(=O)N/N=C\c1cc(Br)c(OCC(=O)Nc2ccc(Cl)c(Cl)c2)c(OC)c1. The zero-order chi connectivity index (χ0) is 27.7. The topological polar surface area (TPSA) is 127 Å². The molecule has 3 rings (SSSR count). The number of para-hydroxylation sites is 2. The minimum Gasteiger partial charge on any atom is -0.495 e. The summed E-state index contributed by atoms with van der Waals surface area (Å²) in [6.07, 6.45) is 1.31. The first kappa shape index (κ1) is 28.8. The highest BCUT2D eigenvalue weighted by Crippen LogP contribution is 2.36. The Morgan fingerprint density at radius 3 is 2.37 bits per heavy atom. The van der Waals surface area contributed by atoms with Gasteiger partial charge in [0.25, 0.3) is 5.91 Å². The number of anilines is 2. The van der Waals surface area contributed by atoms with Gasteiger partial charge in [-0.1, -0.05) is 35.3 Å². The van der Waals surface area contributed by atoms with E-state index in [1.165, 1.54) is 26.5 Å². The molecular weight excluding hydrogens is 603 g/mol. The van der Waals surface area contributed by atoms with Crippen LogP contribution in [0.15, 0.2) is 64.2 Å². The van der Waals surface area contributed by atoms with Gasteiger partial charge in [0.15, 0.2) is 18.1 Å². The molecule has 0 fully saturated rings. The number of hydrazone groups is 1. The van der Waals surface area contributed by atoms with Crippen molar-refractivity contribution in [3.05, 3.63) is 74.7 Å². The van der Waals surface area contributed by atoms with E-state index in [1.54, 1.807) is 48.5 Å². The van der Waals surface area contributed by atoms with Crippen LogP contribution < -0.4 is 30.3 Å². The van der Waals surface area contributed by atoms with Crippen LogP contribution in [0.4, 0.5) is 11.4 Å². The van der Waals surface area contributed by atoms with Gasteiger partial charge < -0.3 is 24.8 Å². The number of benzene rings is 3. The molecule has 38 heavy (non-hydrogen) atoms. The summed E-state index contributed by atoms with van der Waals surface area (Å²) in [6.45, 7) is -0.319. The Morgan fingerprint density at radius 2 is 1.66 bits per heavy atom. The number of amides is 3. The lowest BCUT2D eigenvalue weighted by atomic mass is 10.2. The molecule has 0 heterocycles. The molecule has 0 spiro atoms. The Bertz CT molecular complexity index is 1390. The second kappa shape index (κ2) is 13.7. The molecule has 198 valence electrons. The third-order valence-corrected chi connectivity index (χ3v) is 6.07. The van der Waals surface area contributed by atoms with Crippen molar-refractivity contribution in [1.29, 1.82) is 0 Å². The van der Waals surface area contributed by atoms with Crippen molar-refractivity contribution >= 4 is 74.4 Å². The second-order valence-corrected chi connectivity index (χ2v) is 9.02. The van der Waals surface area contributed by atoms with Gasteiger partial charge in [0, 0.05) is 5.69 Å². The Hall–Kier alpha value is -3.80. The molecule has 3 aromatic rings. The van der Waals surface area contributed by atoms with E-state index in [-0.39, 0.29) is 12.4 Å². The van der Waals surface area contributed by atoms with Gasteiger partial charge in [-0.25, -0.2) is 5.43 Å². The van der Waals surface area contributed by atoms with E-state index in [0.717, 1.165) is 0 Å². The fraction of sp³-hybridized carbons (Fsp3) is 0.120. The van der Waals surface area contributed by atoms with Gasteiger partial charge in [-0.2, -0.15) is 5.10 Å². The zero-order valence-corrected chi connectivity index (χ0v) is 23.1. The van der Waals surface area contributed by atoms with Gasteiger partial charge in [0.2, 0.25) is 0 Å². The number of ether oxygens (including phenoxy) is 3. The first-order valence-corrected chi connectivity index (χ1v) is 12.3. The van der Waals surface area contributed by atoms with Gasteiger partial charge in [0.05, 0.1) is 40.6 Å². The first-order valence-electron chi connectivity index (χ1n) is 10.7. The van der Waals surface area contributed by atoms with Crippen LogP contribution in [0.2, 0.25) is 10.0 Å². The Kier molecular flexibility index (Phi) is 10.3. The number of halogens is 3. The van der Waals surface area contributed by atoms with E-state index in [1.807, 2.05) is 0 Å². The molecule has 0 aromatic heterocycles. The number of nitrogens with one attached hydrogen (secondary N) is 3. The van der Waals surface area contributed by atoms with Crippen LogP contribution in [0, 0.1) is 0 Å². The van der Waals surface area contributed by atoms with E-state index in [4.69, 9.17) is 37.4 Å². The van der Waals surface area contributed by atoms with Gasteiger partial charge >= 0.3 is 11.8 Å². The van der Waals surface area contributed by atoms with Crippen molar-refractivity contribution in [3.63, 3.8) is 0 Å². The molecule has 0 atom stereocenters. The Labute approximate surface area is 236 Å². The van der Waals surface area contributed by atoms with Crippen molar-refractivity contribution in [2.75, 3.05) is 31.5 Å². The maximum absolute atomic E-state index is 12.3. The molecule has 0 aliphatic heterocycles. The minimum absolute atomic E-state index is 0.272. The normalized spacial score (nSPS) is 10.6. The number of hydrogen-bond donors (Lipinski definition) is 3. The zero-order valence-electron chi connectivity index (χ0n) is 20.0. The molecule has 0 saturated carbocycles. The molecule has 0 bridgehead atoms. The van der Waals surface area contributed by atoms with E-state index in [9.17, 15) is 14.4 Å². The molecule has 0 unspecified atom stereocenters. The predicted molar refractivity (Wildman–Crippen MR) is 149 cm³/mol. The quantitative estimate of drug-likeness (QED) is 0.177. The monoisotopic (exact) mass is 622 g/mol. The highest BCUT2D eigenvalue weighted by Gasteiger charge is 2.16. The molecule has 13 heteroatoms. The number of rotatable bonds is 9. The minimum atomic E-state index is -0.980. The van der Waals surface area contributed by atoms with Gasteiger partial charge in [0.1, 0.15) is 5.75 Å². The predicted octanol–water partition coefficient (Wildman–Crippen LogP) is 4.88. The molecule has 0 radical (unpaired) electrons. The van der Waals surface area contributed by atoms with E-state index in [0.29, 0.717) is 43.0 Å². The van der Waals surface area contributed by atoms with Gasteiger partial charge in [-0.05, 0) is 64.0 Å². The summed E-state index contributed by atoms with van der Waals surface area (Å²) in [4.78, 5) is 36.6. The molecule has 3 N–H and O–H groups in total.